The lowest BCUT2D eigenvalue weighted by Gasteiger charge is -2.22. The van der Waals surface area contributed by atoms with E-state index < -0.39 is 0 Å². The largest absolute Gasteiger partial charge is 0.460 e. The van der Waals surface area contributed by atoms with Gasteiger partial charge in [-0.15, -0.1) is 0 Å². The monoisotopic (exact) mass is 472 g/mol. The molecule has 1 nitrogen and oxygen atoms in total. The predicted octanol–water partition coefficient (Wildman–Crippen LogP) is 9.66. The first-order valence-corrected chi connectivity index (χ1v) is 13.0. The highest BCUT2D eigenvalue weighted by atomic mass is 16.5. The average Bonchev–Trinajstić information content (AvgIpc) is 3.35. The second-order valence-electron chi connectivity index (χ2n) is 10.0. The summed E-state index contributed by atoms with van der Waals surface area (Å²) in [6.07, 6.45) is 5.57. The number of allylic oxidation sites excluding steroid dienone is 4. The van der Waals surface area contributed by atoms with E-state index in [1.165, 1.54) is 60.1 Å². The molecule has 0 fully saturated rings. The molecule has 1 unspecified atom stereocenters. The first-order chi connectivity index (χ1) is 18.4. The van der Waals surface area contributed by atoms with Crippen molar-refractivity contribution in [3.63, 3.8) is 0 Å². The minimum atomic E-state index is 0.272. The molecule has 1 aliphatic heterocycles. The van der Waals surface area contributed by atoms with E-state index >= 15 is 0 Å². The molecule has 8 rings (SSSR count). The molecule has 0 N–H and O–H groups in total. The summed E-state index contributed by atoms with van der Waals surface area (Å²) in [5, 5.41) is 7.58. The third-order valence-electron chi connectivity index (χ3n) is 7.99. The van der Waals surface area contributed by atoms with Crippen LogP contribution in [0.25, 0.3) is 49.0 Å². The van der Waals surface area contributed by atoms with Gasteiger partial charge in [0.15, 0.2) is 0 Å². The number of para-hydroxylation sites is 1. The topological polar surface area (TPSA) is 9.23 Å². The van der Waals surface area contributed by atoms with Crippen LogP contribution in [0.5, 0.6) is 5.75 Å². The van der Waals surface area contributed by atoms with Crippen molar-refractivity contribution in [2.75, 3.05) is 0 Å². The Bertz CT molecular complexity index is 1880. The lowest BCUT2D eigenvalue weighted by molar-refractivity contribution is 0.429. The van der Waals surface area contributed by atoms with Gasteiger partial charge >= 0.3 is 0 Å². The normalized spacial score (nSPS) is 16.3. The van der Waals surface area contributed by atoms with Crippen LogP contribution < -0.4 is 4.74 Å². The van der Waals surface area contributed by atoms with Crippen molar-refractivity contribution in [3.8, 4) is 16.9 Å². The Morgan fingerprint density at radius 3 is 1.95 bits per heavy atom. The average molecular weight is 473 g/mol. The Balaban J connectivity index is 1.46. The minimum Gasteiger partial charge on any atom is -0.460 e. The summed E-state index contributed by atoms with van der Waals surface area (Å²) in [4.78, 5) is 0. The molecule has 174 valence electrons. The molecule has 0 amide bonds. The third kappa shape index (κ3) is 3.04. The van der Waals surface area contributed by atoms with Crippen LogP contribution in [0, 0.1) is 0 Å². The zero-order valence-corrected chi connectivity index (χ0v) is 20.3. The van der Waals surface area contributed by atoms with Gasteiger partial charge in [-0.05, 0) is 62.0 Å². The molecule has 1 aliphatic carbocycles. The van der Waals surface area contributed by atoms with Gasteiger partial charge in [0.1, 0.15) is 11.5 Å². The van der Waals surface area contributed by atoms with Crippen molar-refractivity contribution in [1.29, 1.82) is 0 Å². The first kappa shape index (κ1) is 20.6. The van der Waals surface area contributed by atoms with Crippen molar-refractivity contribution in [1.82, 2.24) is 0 Å². The van der Waals surface area contributed by atoms with Gasteiger partial charge in [-0.2, -0.15) is 0 Å². The minimum absolute atomic E-state index is 0.272. The van der Waals surface area contributed by atoms with Crippen molar-refractivity contribution in [2.45, 2.75) is 12.3 Å². The number of fused-ring (bicyclic) bond motifs is 6. The first-order valence-electron chi connectivity index (χ1n) is 13.0. The Hall–Kier alpha value is -4.62. The highest BCUT2D eigenvalue weighted by Gasteiger charge is 2.34. The summed E-state index contributed by atoms with van der Waals surface area (Å²) in [6, 6.07) is 41.6. The third-order valence-corrected chi connectivity index (χ3v) is 7.99. The van der Waals surface area contributed by atoms with Crippen molar-refractivity contribution >= 4 is 37.9 Å². The van der Waals surface area contributed by atoms with Gasteiger partial charge < -0.3 is 4.74 Å². The van der Waals surface area contributed by atoms with Gasteiger partial charge in [-0.1, -0.05) is 115 Å². The summed E-state index contributed by atoms with van der Waals surface area (Å²) < 4.78 is 6.57. The predicted molar refractivity (Wildman–Crippen MR) is 155 cm³/mol. The van der Waals surface area contributed by atoms with E-state index in [2.05, 4.69) is 127 Å². The molecule has 0 saturated heterocycles. The van der Waals surface area contributed by atoms with E-state index in [9.17, 15) is 0 Å². The molecule has 0 spiro atoms. The molecule has 2 aliphatic rings. The number of hydrogen-bond acceptors (Lipinski definition) is 1. The fourth-order valence-corrected chi connectivity index (χ4v) is 6.35. The number of hydrogen-bond donors (Lipinski definition) is 0. The molecule has 0 radical (unpaired) electrons. The maximum Gasteiger partial charge on any atom is 0.130 e. The summed E-state index contributed by atoms with van der Waals surface area (Å²) in [5.41, 5.74) is 6.29. The van der Waals surface area contributed by atoms with E-state index in [-0.39, 0.29) is 5.92 Å². The van der Waals surface area contributed by atoms with Gasteiger partial charge in [0.05, 0.1) is 0 Å². The van der Waals surface area contributed by atoms with Crippen LogP contribution in [0.4, 0.5) is 0 Å². The second kappa shape index (κ2) is 7.94. The van der Waals surface area contributed by atoms with E-state index in [1.54, 1.807) is 0 Å². The molecular weight excluding hydrogens is 448 g/mol. The number of rotatable bonds is 2. The highest BCUT2D eigenvalue weighted by Crippen LogP contribution is 2.50. The second-order valence-corrected chi connectivity index (χ2v) is 10.0. The molecule has 0 bridgehead atoms. The summed E-state index contributed by atoms with van der Waals surface area (Å²) in [6.45, 7) is 0. The van der Waals surface area contributed by atoms with Crippen molar-refractivity contribution in [3.05, 3.63) is 144 Å². The molecule has 6 aromatic rings. The fourth-order valence-electron chi connectivity index (χ4n) is 6.35. The van der Waals surface area contributed by atoms with E-state index in [0.29, 0.717) is 0 Å². The van der Waals surface area contributed by atoms with Gasteiger partial charge in [0.25, 0.3) is 0 Å². The number of ether oxygens (including phenoxy) is 1. The lowest BCUT2D eigenvalue weighted by Crippen LogP contribution is -2.06. The van der Waals surface area contributed by atoms with E-state index in [4.69, 9.17) is 4.74 Å². The van der Waals surface area contributed by atoms with Gasteiger partial charge in [0.2, 0.25) is 0 Å². The summed E-state index contributed by atoms with van der Waals surface area (Å²) in [7, 11) is 0. The summed E-state index contributed by atoms with van der Waals surface area (Å²) >= 11 is 0. The highest BCUT2D eigenvalue weighted by molar-refractivity contribution is 6.20. The zero-order valence-electron chi connectivity index (χ0n) is 20.3. The van der Waals surface area contributed by atoms with Gasteiger partial charge in [-0.25, -0.2) is 0 Å². The van der Waals surface area contributed by atoms with Crippen LogP contribution >= 0.6 is 0 Å². The molecule has 6 aromatic carbocycles. The van der Waals surface area contributed by atoms with Crippen molar-refractivity contribution in [2.24, 2.45) is 0 Å². The zero-order chi connectivity index (χ0) is 24.3. The Morgan fingerprint density at radius 1 is 0.568 bits per heavy atom. The number of benzene rings is 6. The molecule has 37 heavy (non-hydrogen) atoms. The van der Waals surface area contributed by atoms with Crippen LogP contribution in [0.2, 0.25) is 0 Å². The summed E-state index contributed by atoms with van der Waals surface area (Å²) in [5.74, 6) is 2.34. The van der Waals surface area contributed by atoms with Crippen LogP contribution in [-0.2, 0) is 0 Å². The lowest BCUT2D eigenvalue weighted by atomic mass is 9.81. The maximum absolute atomic E-state index is 6.57. The fraction of sp³-hybridized carbons (Fsp3) is 0.0556. The Morgan fingerprint density at radius 2 is 1.19 bits per heavy atom. The van der Waals surface area contributed by atoms with Crippen LogP contribution in [0.1, 0.15) is 23.5 Å². The van der Waals surface area contributed by atoms with Crippen LogP contribution in [0.3, 0.4) is 0 Å². The van der Waals surface area contributed by atoms with Gasteiger partial charge in [0, 0.05) is 22.6 Å². The van der Waals surface area contributed by atoms with Crippen molar-refractivity contribution < 1.29 is 4.74 Å². The molecule has 0 aromatic heterocycles. The quantitative estimate of drug-likeness (QED) is 0.228. The van der Waals surface area contributed by atoms with E-state index in [1.807, 2.05) is 0 Å². The standard InChI is InChI=1S/C36H24O/c1-2-11-24-22-25(21-20-23(24)10-1)34-27-13-3-5-15-29(27)35(30-16-6-4-14-28(30)34)32-18-9-17-31-26-12-7-8-19-33(26)37-36(31)32/h1-16,18-22,31H,17H2. The Kier molecular flexibility index (Phi) is 4.41. The molecular formula is C36H24O. The molecule has 1 atom stereocenters. The van der Waals surface area contributed by atoms with Gasteiger partial charge in [-0.3, -0.25) is 0 Å². The smallest absolute Gasteiger partial charge is 0.130 e. The molecule has 1 heterocycles. The molecule has 0 saturated carbocycles. The molecule has 1 heteroatoms. The van der Waals surface area contributed by atoms with Crippen LogP contribution in [0.15, 0.2) is 133 Å². The Labute approximate surface area is 216 Å². The maximum atomic E-state index is 6.57. The van der Waals surface area contributed by atoms with Crippen LogP contribution in [-0.4, -0.2) is 0 Å². The SMILES string of the molecule is C1=CC(c2c3ccccc3c(-c3ccc4ccccc4c3)c3ccccc23)=C2Oc3ccccc3C2C1. The van der Waals surface area contributed by atoms with E-state index in [0.717, 1.165) is 17.9 Å².